The molecule has 3 nitrogen and oxygen atoms in total. The van der Waals surface area contributed by atoms with Crippen LogP contribution in [0.3, 0.4) is 0 Å². The van der Waals surface area contributed by atoms with Crippen LogP contribution in [0.1, 0.15) is 24.2 Å². The van der Waals surface area contributed by atoms with E-state index in [9.17, 15) is 4.79 Å². The topological polar surface area (TPSA) is 35.5 Å². The number of benzene rings is 2. The van der Waals surface area contributed by atoms with Gasteiger partial charge in [-0.15, -0.1) is 0 Å². The summed E-state index contributed by atoms with van der Waals surface area (Å²) in [4.78, 5) is 12.2. The number of carbonyl (C=O) groups excluding carboxylic acids is 1. The predicted octanol–water partition coefficient (Wildman–Crippen LogP) is 4.02. The van der Waals surface area contributed by atoms with Crippen LogP contribution >= 0.6 is 0 Å². The molecule has 0 heterocycles. The lowest BCUT2D eigenvalue weighted by molar-refractivity contribution is -0.137. The number of hydrogen-bond donors (Lipinski definition) is 0. The van der Waals surface area contributed by atoms with Crippen LogP contribution in [0.15, 0.2) is 66.2 Å². The first-order chi connectivity index (χ1) is 10.8. The Balaban J connectivity index is 2.46. The van der Waals surface area contributed by atoms with Gasteiger partial charge in [0.1, 0.15) is 6.10 Å². The normalized spacial score (nSPS) is 12.7. The maximum atomic E-state index is 12.2. The first-order valence-corrected chi connectivity index (χ1v) is 7.27. The zero-order valence-corrected chi connectivity index (χ0v) is 12.9. The molecule has 0 aliphatic heterocycles. The molecule has 0 aromatic heterocycles. The highest BCUT2D eigenvalue weighted by molar-refractivity contribution is 5.95. The molecule has 2 aromatic rings. The average molecular weight is 296 g/mol. The third kappa shape index (κ3) is 4.06. The molecule has 0 saturated carbocycles. The van der Waals surface area contributed by atoms with E-state index in [4.69, 9.17) is 9.47 Å². The van der Waals surface area contributed by atoms with Gasteiger partial charge in [0.2, 0.25) is 0 Å². The molecule has 0 fully saturated rings. The SMILES string of the molecule is CCOC(/C(=C/c1ccccc1)C(=O)OC)c1ccccc1. The summed E-state index contributed by atoms with van der Waals surface area (Å²) in [6.45, 7) is 2.41. The molecule has 0 N–H and O–H groups in total. The lowest BCUT2D eigenvalue weighted by Crippen LogP contribution is -2.16. The van der Waals surface area contributed by atoms with E-state index in [1.54, 1.807) is 0 Å². The number of ether oxygens (including phenoxy) is 2. The highest BCUT2D eigenvalue weighted by atomic mass is 16.5. The summed E-state index contributed by atoms with van der Waals surface area (Å²) in [6.07, 6.45) is 1.37. The van der Waals surface area contributed by atoms with Gasteiger partial charge in [-0.1, -0.05) is 60.7 Å². The van der Waals surface area contributed by atoms with E-state index < -0.39 is 6.10 Å². The summed E-state index contributed by atoms with van der Waals surface area (Å²) in [6, 6.07) is 19.4. The molecule has 2 rings (SSSR count). The van der Waals surface area contributed by atoms with Crippen molar-refractivity contribution in [2.24, 2.45) is 0 Å². The van der Waals surface area contributed by atoms with Gasteiger partial charge in [-0.3, -0.25) is 0 Å². The number of esters is 1. The Hall–Kier alpha value is -2.39. The summed E-state index contributed by atoms with van der Waals surface area (Å²) in [5.74, 6) is -0.383. The van der Waals surface area contributed by atoms with Crippen LogP contribution in [-0.2, 0) is 14.3 Å². The fraction of sp³-hybridized carbons (Fsp3) is 0.211. The highest BCUT2D eigenvalue weighted by Crippen LogP contribution is 2.28. The van der Waals surface area contributed by atoms with Crippen molar-refractivity contribution in [3.8, 4) is 0 Å². The Morgan fingerprint density at radius 3 is 2.18 bits per heavy atom. The van der Waals surface area contributed by atoms with E-state index in [1.165, 1.54) is 7.11 Å². The van der Waals surface area contributed by atoms with Crippen molar-refractivity contribution >= 4 is 12.0 Å². The summed E-state index contributed by atoms with van der Waals surface area (Å²) >= 11 is 0. The first kappa shape index (κ1) is 16.0. The molecule has 1 atom stereocenters. The van der Waals surface area contributed by atoms with Crippen molar-refractivity contribution in [2.45, 2.75) is 13.0 Å². The van der Waals surface area contributed by atoms with Gasteiger partial charge in [0.05, 0.1) is 12.7 Å². The van der Waals surface area contributed by atoms with Gasteiger partial charge in [-0.2, -0.15) is 0 Å². The number of methoxy groups -OCH3 is 1. The van der Waals surface area contributed by atoms with E-state index in [2.05, 4.69) is 0 Å². The Morgan fingerprint density at radius 1 is 1.05 bits per heavy atom. The smallest absolute Gasteiger partial charge is 0.336 e. The van der Waals surface area contributed by atoms with Crippen molar-refractivity contribution in [1.82, 2.24) is 0 Å². The molecule has 0 bridgehead atoms. The third-order valence-corrected chi connectivity index (χ3v) is 3.26. The molecule has 0 spiro atoms. The van der Waals surface area contributed by atoms with Gasteiger partial charge < -0.3 is 9.47 Å². The van der Waals surface area contributed by atoms with Crippen LogP contribution < -0.4 is 0 Å². The van der Waals surface area contributed by atoms with Gasteiger partial charge in [-0.25, -0.2) is 4.79 Å². The van der Waals surface area contributed by atoms with Gasteiger partial charge in [0.25, 0.3) is 0 Å². The second-order valence-electron chi connectivity index (χ2n) is 4.75. The van der Waals surface area contributed by atoms with Crippen molar-refractivity contribution in [3.05, 3.63) is 77.4 Å². The molecule has 0 amide bonds. The number of hydrogen-bond acceptors (Lipinski definition) is 3. The predicted molar refractivity (Wildman–Crippen MR) is 87.2 cm³/mol. The molecule has 0 aliphatic carbocycles. The fourth-order valence-electron chi connectivity index (χ4n) is 2.25. The quantitative estimate of drug-likeness (QED) is 0.596. The Kier molecular flexibility index (Phi) is 5.92. The Bertz CT molecular complexity index is 618. The van der Waals surface area contributed by atoms with Gasteiger partial charge >= 0.3 is 5.97 Å². The molecule has 114 valence electrons. The third-order valence-electron chi connectivity index (χ3n) is 3.26. The van der Waals surface area contributed by atoms with Crippen molar-refractivity contribution < 1.29 is 14.3 Å². The van der Waals surface area contributed by atoms with E-state index >= 15 is 0 Å². The van der Waals surface area contributed by atoms with Gasteiger partial charge in [0.15, 0.2) is 0 Å². The molecule has 0 radical (unpaired) electrons. The summed E-state index contributed by atoms with van der Waals surface area (Å²) in [5, 5.41) is 0. The molecule has 0 aliphatic rings. The second kappa shape index (κ2) is 8.15. The van der Waals surface area contributed by atoms with Crippen LogP contribution in [0.4, 0.5) is 0 Å². The maximum Gasteiger partial charge on any atom is 0.336 e. The van der Waals surface area contributed by atoms with Crippen LogP contribution in [0.2, 0.25) is 0 Å². The zero-order valence-electron chi connectivity index (χ0n) is 12.9. The minimum atomic E-state index is -0.446. The maximum absolute atomic E-state index is 12.2. The summed E-state index contributed by atoms with van der Waals surface area (Å²) in [7, 11) is 1.38. The van der Waals surface area contributed by atoms with E-state index in [-0.39, 0.29) is 5.97 Å². The van der Waals surface area contributed by atoms with Crippen LogP contribution in [0.25, 0.3) is 6.08 Å². The number of carbonyl (C=O) groups is 1. The van der Waals surface area contributed by atoms with E-state index in [1.807, 2.05) is 73.7 Å². The minimum absolute atomic E-state index is 0.383. The zero-order chi connectivity index (χ0) is 15.8. The minimum Gasteiger partial charge on any atom is -0.466 e. The molecular formula is C19H20O3. The van der Waals surface area contributed by atoms with Gasteiger partial charge in [0, 0.05) is 6.61 Å². The summed E-state index contributed by atoms with van der Waals surface area (Å²) in [5.41, 5.74) is 2.35. The summed E-state index contributed by atoms with van der Waals surface area (Å²) < 4.78 is 10.8. The second-order valence-corrected chi connectivity index (χ2v) is 4.75. The van der Waals surface area contributed by atoms with E-state index in [0.29, 0.717) is 12.2 Å². The standard InChI is InChI=1S/C19H20O3/c1-3-22-18(16-12-8-5-9-13-16)17(19(20)21-2)14-15-10-6-4-7-11-15/h4-14,18H,3H2,1-2H3/b17-14-. The van der Waals surface area contributed by atoms with Crippen molar-refractivity contribution in [2.75, 3.05) is 13.7 Å². The van der Waals surface area contributed by atoms with Crippen LogP contribution in [0, 0.1) is 0 Å². The van der Waals surface area contributed by atoms with Gasteiger partial charge in [-0.05, 0) is 24.1 Å². The largest absolute Gasteiger partial charge is 0.466 e. The number of rotatable bonds is 6. The molecule has 1 unspecified atom stereocenters. The monoisotopic (exact) mass is 296 g/mol. The molecule has 0 saturated heterocycles. The average Bonchev–Trinajstić information content (AvgIpc) is 2.59. The lowest BCUT2D eigenvalue weighted by atomic mass is 9.99. The van der Waals surface area contributed by atoms with E-state index in [0.717, 1.165) is 11.1 Å². The molecular weight excluding hydrogens is 276 g/mol. The first-order valence-electron chi connectivity index (χ1n) is 7.27. The van der Waals surface area contributed by atoms with Crippen molar-refractivity contribution in [1.29, 1.82) is 0 Å². The Labute approximate surface area is 131 Å². The Morgan fingerprint density at radius 2 is 1.64 bits per heavy atom. The lowest BCUT2D eigenvalue weighted by Gasteiger charge is -2.19. The van der Waals surface area contributed by atoms with Crippen LogP contribution in [0.5, 0.6) is 0 Å². The fourth-order valence-corrected chi connectivity index (χ4v) is 2.25. The molecule has 3 heteroatoms. The molecule has 22 heavy (non-hydrogen) atoms. The van der Waals surface area contributed by atoms with Crippen LogP contribution in [-0.4, -0.2) is 19.7 Å². The molecule has 2 aromatic carbocycles. The highest BCUT2D eigenvalue weighted by Gasteiger charge is 2.23. The van der Waals surface area contributed by atoms with Crippen molar-refractivity contribution in [3.63, 3.8) is 0 Å².